The fourth-order valence-electron chi connectivity index (χ4n) is 3.57. The van der Waals surface area contributed by atoms with Crippen molar-refractivity contribution in [3.63, 3.8) is 0 Å². The second-order valence-corrected chi connectivity index (χ2v) is 7.47. The first kappa shape index (κ1) is 22.4. The molecule has 0 bridgehead atoms. The smallest absolute Gasteiger partial charge is 0.307 e. The van der Waals surface area contributed by atoms with Crippen LogP contribution in [0.15, 0.2) is 60.7 Å². The SMILES string of the molecule is CCOC(=O)C[C@H](CCCCCl)N(Cc1ccccc1)[C@@H](C)c1ccccc1. The summed E-state index contributed by atoms with van der Waals surface area (Å²) in [5, 5.41) is 0. The van der Waals surface area contributed by atoms with Crippen LogP contribution in [0.4, 0.5) is 0 Å². The molecule has 0 saturated carbocycles. The van der Waals surface area contributed by atoms with Gasteiger partial charge in [0.15, 0.2) is 0 Å². The van der Waals surface area contributed by atoms with Crippen LogP contribution in [0.5, 0.6) is 0 Å². The van der Waals surface area contributed by atoms with Crippen molar-refractivity contribution in [3.05, 3.63) is 71.8 Å². The molecule has 2 atom stereocenters. The summed E-state index contributed by atoms with van der Waals surface area (Å²) in [4.78, 5) is 14.8. The zero-order valence-corrected chi connectivity index (χ0v) is 17.8. The zero-order chi connectivity index (χ0) is 20.2. The molecule has 28 heavy (non-hydrogen) atoms. The van der Waals surface area contributed by atoms with Crippen LogP contribution in [-0.2, 0) is 16.1 Å². The van der Waals surface area contributed by atoms with Gasteiger partial charge in [-0.2, -0.15) is 0 Å². The Hall–Kier alpha value is -1.84. The number of benzene rings is 2. The lowest BCUT2D eigenvalue weighted by atomic mass is 9.98. The van der Waals surface area contributed by atoms with Crippen LogP contribution in [0.3, 0.4) is 0 Å². The molecule has 0 aromatic heterocycles. The Balaban J connectivity index is 2.28. The largest absolute Gasteiger partial charge is 0.466 e. The molecule has 0 fully saturated rings. The Bertz CT molecular complexity index is 678. The molecule has 0 radical (unpaired) electrons. The van der Waals surface area contributed by atoms with Gasteiger partial charge in [0.1, 0.15) is 0 Å². The quantitative estimate of drug-likeness (QED) is 0.249. The van der Waals surface area contributed by atoms with Gasteiger partial charge in [-0.05, 0) is 37.8 Å². The third-order valence-corrected chi connectivity index (χ3v) is 5.35. The number of alkyl halides is 1. The van der Waals surface area contributed by atoms with Crippen LogP contribution in [0.2, 0.25) is 0 Å². The Labute approximate surface area is 174 Å². The number of carbonyl (C=O) groups is 1. The number of carbonyl (C=O) groups excluding carboxylic acids is 1. The summed E-state index contributed by atoms with van der Waals surface area (Å²) in [5.74, 6) is 0.524. The van der Waals surface area contributed by atoms with Crippen LogP contribution in [0, 0.1) is 0 Å². The molecule has 0 aliphatic carbocycles. The zero-order valence-electron chi connectivity index (χ0n) is 17.0. The van der Waals surface area contributed by atoms with E-state index in [1.165, 1.54) is 11.1 Å². The van der Waals surface area contributed by atoms with Crippen LogP contribution in [0.25, 0.3) is 0 Å². The molecule has 0 saturated heterocycles. The van der Waals surface area contributed by atoms with E-state index in [0.29, 0.717) is 18.9 Å². The third-order valence-electron chi connectivity index (χ3n) is 5.09. The van der Waals surface area contributed by atoms with Gasteiger partial charge in [0.05, 0.1) is 13.0 Å². The summed E-state index contributed by atoms with van der Waals surface area (Å²) in [6.45, 7) is 5.29. The van der Waals surface area contributed by atoms with Gasteiger partial charge in [-0.1, -0.05) is 67.1 Å². The van der Waals surface area contributed by atoms with E-state index in [0.717, 1.165) is 25.8 Å². The van der Waals surface area contributed by atoms with E-state index >= 15 is 0 Å². The molecule has 2 aromatic rings. The van der Waals surface area contributed by atoms with Crippen molar-refractivity contribution >= 4 is 17.6 Å². The average Bonchev–Trinajstić information content (AvgIpc) is 2.72. The molecule has 0 N–H and O–H groups in total. The number of unbranched alkanes of at least 4 members (excludes halogenated alkanes) is 1. The van der Waals surface area contributed by atoms with Crippen LogP contribution in [-0.4, -0.2) is 29.4 Å². The fraction of sp³-hybridized carbons (Fsp3) is 0.458. The number of hydrogen-bond acceptors (Lipinski definition) is 3. The van der Waals surface area contributed by atoms with Crippen molar-refractivity contribution in [2.45, 2.75) is 58.2 Å². The number of hydrogen-bond donors (Lipinski definition) is 0. The number of halogens is 1. The summed E-state index contributed by atoms with van der Waals surface area (Å²) in [7, 11) is 0. The second kappa shape index (κ2) is 12.6. The molecule has 0 spiro atoms. The number of rotatable bonds is 12. The molecule has 3 nitrogen and oxygen atoms in total. The molecule has 0 aliphatic heterocycles. The maximum absolute atomic E-state index is 12.3. The van der Waals surface area contributed by atoms with E-state index in [1.807, 2.05) is 19.1 Å². The Morgan fingerprint density at radius 3 is 2.29 bits per heavy atom. The minimum atomic E-state index is -0.128. The average molecular weight is 402 g/mol. The van der Waals surface area contributed by atoms with E-state index in [1.54, 1.807) is 0 Å². The lowest BCUT2D eigenvalue weighted by molar-refractivity contribution is -0.145. The summed E-state index contributed by atoms with van der Waals surface area (Å²) in [5.41, 5.74) is 2.50. The molecule has 2 rings (SSSR count). The first-order valence-electron chi connectivity index (χ1n) is 10.2. The highest BCUT2D eigenvalue weighted by atomic mass is 35.5. The molecule has 152 valence electrons. The maximum Gasteiger partial charge on any atom is 0.307 e. The van der Waals surface area contributed by atoms with E-state index in [9.17, 15) is 4.79 Å². The number of esters is 1. The molecule has 4 heteroatoms. The standard InChI is InChI=1S/C24H32ClNO2/c1-3-28-24(27)18-23(16-10-11-17-25)26(19-21-12-6-4-7-13-21)20(2)22-14-8-5-9-15-22/h4-9,12-15,20,23H,3,10-11,16-19H2,1-2H3/t20-,23-/m0/s1. The molecular formula is C24H32ClNO2. The van der Waals surface area contributed by atoms with Gasteiger partial charge in [-0.3, -0.25) is 9.69 Å². The lowest BCUT2D eigenvalue weighted by Gasteiger charge is -2.37. The lowest BCUT2D eigenvalue weighted by Crippen LogP contribution is -2.39. The fourth-order valence-corrected chi connectivity index (χ4v) is 3.76. The van der Waals surface area contributed by atoms with Crippen LogP contribution >= 0.6 is 11.6 Å². The Morgan fingerprint density at radius 2 is 1.68 bits per heavy atom. The maximum atomic E-state index is 12.3. The van der Waals surface area contributed by atoms with Gasteiger partial charge in [0.2, 0.25) is 0 Å². The first-order chi connectivity index (χ1) is 13.7. The molecule has 0 heterocycles. The molecule has 0 aliphatic rings. The summed E-state index contributed by atoms with van der Waals surface area (Å²) in [6.07, 6.45) is 3.29. The Morgan fingerprint density at radius 1 is 1.04 bits per heavy atom. The number of nitrogens with zero attached hydrogens (tertiary/aromatic N) is 1. The second-order valence-electron chi connectivity index (χ2n) is 7.09. The van der Waals surface area contributed by atoms with Gasteiger partial charge in [0.25, 0.3) is 0 Å². The first-order valence-corrected chi connectivity index (χ1v) is 10.7. The summed E-state index contributed by atoms with van der Waals surface area (Å²) in [6, 6.07) is 21.2. The van der Waals surface area contributed by atoms with Crippen LogP contribution in [0.1, 0.15) is 56.7 Å². The van der Waals surface area contributed by atoms with Gasteiger partial charge >= 0.3 is 5.97 Å². The van der Waals surface area contributed by atoms with Crippen LogP contribution < -0.4 is 0 Å². The monoisotopic (exact) mass is 401 g/mol. The van der Waals surface area contributed by atoms with Crippen molar-refractivity contribution in [1.29, 1.82) is 0 Å². The Kier molecular flexibility index (Phi) is 10.1. The highest BCUT2D eigenvalue weighted by molar-refractivity contribution is 6.17. The molecule has 2 aromatic carbocycles. The highest BCUT2D eigenvalue weighted by Crippen LogP contribution is 2.28. The van der Waals surface area contributed by atoms with E-state index in [-0.39, 0.29) is 18.1 Å². The van der Waals surface area contributed by atoms with E-state index in [2.05, 4.69) is 60.4 Å². The van der Waals surface area contributed by atoms with E-state index < -0.39 is 0 Å². The predicted octanol–water partition coefficient (Wildman–Crippen LogP) is 5.98. The van der Waals surface area contributed by atoms with Crippen molar-refractivity contribution in [2.24, 2.45) is 0 Å². The minimum absolute atomic E-state index is 0.109. The van der Waals surface area contributed by atoms with Crippen molar-refractivity contribution in [3.8, 4) is 0 Å². The van der Waals surface area contributed by atoms with Crippen molar-refractivity contribution in [2.75, 3.05) is 12.5 Å². The highest BCUT2D eigenvalue weighted by Gasteiger charge is 2.27. The van der Waals surface area contributed by atoms with Gasteiger partial charge in [-0.25, -0.2) is 0 Å². The molecular weight excluding hydrogens is 370 g/mol. The summed E-state index contributed by atoms with van der Waals surface area (Å²) >= 11 is 5.90. The third kappa shape index (κ3) is 7.29. The number of ether oxygens (including phenoxy) is 1. The van der Waals surface area contributed by atoms with Crippen molar-refractivity contribution < 1.29 is 9.53 Å². The van der Waals surface area contributed by atoms with Gasteiger partial charge in [-0.15, -0.1) is 11.6 Å². The van der Waals surface area contributed by atoms with Crippen molar-refractivity contribution in [1.82, 2.24) is 4.90 Å². The minimum Gasteiger partial charge on any atom is -0.466 e. The van der Waals surface area contributed by atoms with E-state index in [4.69, 9.17) is 16.3 Å². The molecule has 0 amide bonds. The predicted molar refractivity (Wildman–Crippen MR) is 116 cm³/mol. The molecule has 0 unspecified atom stereocenters. The van der Waals surface area contributed by atoms with Gasteiger partial charge in [0, 0.05) is 24.5 Å². The normalized spacial score (nSPS) is 13.3. The summed E-state index contributed by atoms with van der Waals surface area (Å²) < 4.78 is 5.27. The topological polar surface area (TPSA) is 29.5 Å². The van der Waals surface area contributed by atoms with Gasteiger partial charge < -0.3 is 4.74 Å².